The van der Waals surface area contributed by atoms with Crippen LogP contribution in [0.4, 0.5) is 13.2 Å². The van der Waals surface area contributed by atoms with Gasteiger partial charge in [-0.15, -0.1) is 0 Å². The molecule has 1 saturated heterocycles. The lowest BCUT2D eigenvalue weighted by atomic mass is 9.68. The van der Waals surface area contributed by atoms with E-state index in [9.17, 15) is 13.2 Å². The Morgan fingerprint density at radius 1 is 1.23 bits per heavy atom. The third-order valence-electron chi connectivity index (χ3n) is 3.60. The Morgan fingerprint density at radius 3 is 2.62 bits per heavy atom. The van der Waals surface area contributed by atoms with Crippen molar-refractivity contribution in [3.8, 4) is 0 Å². The minimum absolute atomic E-state index is 0.140. The minimum Gasteiger partial charge on any atom is -0.316 e. The normalized spacial score (nSPS) is 40.4. The standard InChI is InChI=1S/C9H14F3N/c10-9(11,12)8-4-2-1-3-7(8)5-13-6-8/h7,13H,1-6H2. The van der Waals surface area contributed by atoms with E-state index in [4.69, 9.17) is 0 Å². The lowest BCUT2D eigenvalue weighted by molar-refractivity contribution is -0.239. The van der Waals surface area contributed by atoms with Gasteiger partial charge >= 0.3 is 6.18 Å². The highest BCUT2D eigenvalue weighted by Gasteiger charge is 2.61. The number of alkyl halides is 3. The Morgan fingerprint density at radius 2 is 2.00 bits per heavy atom. The van der Waals surface area contributed by atoms with E-state index in [2.05, 4.69) is 5.32 Å². The van der Waals surface area contributed by atoms with Crippen LogP contribution in [0.1, 0.15) is 25.7 Å². The third kappa shape index (κ3) is 1.26. The second-order valence-electron chi connectivity index (χ2n) is 4.23. The molecule has 2 aliphatic rings. The first kappa shape index (κ1) is 9.31. The van der Waals surface area contributed by atoms with E-state index in [1.165, 1.54) is 0 Å². The van der Waals surface area contributed by atoms with Crippen LogP contribution in [0.15, 0.2) is 0 Å². The maximum Gasteiger partial charge on any atom is 0.396 e. The molecular weight excluding hydrogens is 179 g/mol. The Labute approximate surface area is 75.7 Å². The molecule has 2 fully saturated rings. The summed E-state index contributed by atoms with van der Waals surface area (Å²) in [5, 5.41) is 2.89. The Kier molecular flexibility index (Phi) is 2.06. The van der Waals surface area contributed by atoms with Crippen LogP contribution in [0.3, 0.4) is 0 Å². The summed E-state index contributed by atoms with van der Waals surface area (Å²) in [6.07, 6.45) is -1.25. The summed E-state index contributed by atoms with van der Waals surface area (Å²) in [6.45, 7) is 0.695. The van der Waals surface area contributed by atoms with Crippen LogP contribution in [-0.2, 0) is 0 Å². The number of hydrogen-bond donors (Lipinski definition) is 1. The van der Waals surface area contributed by atoms with Gasteiger partial charge in [0.25, 0.3) is 0 Å². The Hall–Kier alpha value is -0.250. The van der Waals surface area contributed by atoms with Gasteiger partial charge in [0.05, 0.1) is 5.41 Å². The monoisotopic (exact) mass is 193 g/mol. The van der Waals surface area contributed by atoms with Gasteiger partial charge in [-0.2, -0.15) is 13.2 Å². The average molecular weight is 193 g/mol. The molecule has 0 aromatic carbocycles. The zero-order valence-corrected chi connectivity index (χ0v) is 7.45. The van der Waals surface area contributed by atoms with Gasteiger partial charge in [-0.3, -0.25) is 0 Å². The van der Waals surface area contributed by atoms with Gasteiger partial charge in [-0.05, 0) is 25.3 Å². The highest BCUT2D eigenvalue weighted by atomic mass is 19.4. The van der Waals surface area contributed by atoms with E-state index < -0.39 is 11.6 Å². The topological polar surface area (TPSA) is 12.0 Å². The average Bonchev–Trinajstić information content (AvgIpc) is 2.46. The van der Waals surface area contributed by atoms with Gasteiger partial charge in [0.2, 0.25) is 0 Å². The smallest absolute Gasteiger partial charge is 0.316 e. The molecule has 2 rings (SSSR count). The first-order valence-corrected chi connectivity index (χ1v) is 4.84. The Bertz CT molecular complexity index is 202. The number of rotatable bonds is 0. The lowest BCUT2D eigenvalue weighted by Crippen LogP contribution is -2.46. The van der Waals surface area contributed by atoms with Crippen molar-refractivity contribution in [2.75, 3.05) is 13.1 Å². The summed E-state index contributed by atoms with van der Waals surface area (Å²) in [4.78, 5) is 0. The van der Waals surface area contributed by atoms with E-state index in [0.717, 1.165) is 19.3 Å². The maximum atomic E-state index is 12.8. The molecule has 76 valence electrons. The molecule has 0 amide bonds. The van der Waals surface area contributed by atoms with E-state index in [1.807, 2.05) is 0 Å². The van der Waals surface area contributed by atoms with Crippen LogP contribution in [0.5, 0.6) is 0 Å². The molecule has 0 aromatic heterocycles. The van der Waals surface area contributed by atoms with Crippen LogP contribution in [0.2, 0.25) is 0 Å². The molecule has 0 aromatic rings. The molecule has 4 heteroatoms. The van der Waals surface area contributed by atoms with Gasteiger partial charge in [-0.25, -0.2) is 0 Å². The highest BCUT2D eigenvalue weighted by molar-refractivity contribution is 5.01. The van der Waals surface area contributed by atoms with Crippen molar-refractivity contribution in [1.29, 1.82) is 0 Å². The zero-order valence-electron chi connectivity index (χ0n) is 7.45. The fourth-order valence-corrected chi connectivity index (χ4v) is 2.78. The second kappa shape index (κ2) is 2.87. The van der Waals surface area contributed by atoms with Crippen molar-refractivity contribution in [1.82, 2.24) is 5.32 Å². The number of halogens is 3. The largest absolute Gasteiger partial charge is 0.396 e. The fourth-order valence-electron chi connectivity index (χ4n) is 2.78. The van der Waals surface area contributed by atoms with Gasteiger partial charge in [0.15, 0.2) is 0 Å². The third-order valence-corrected chi connectivity index (χ3v) is 3.60. The quantitative estimate of drug-likeness (QED) is 0.622. The van der Waals surface area contributed by atoms with Gasteiger partial charge < -0.3 is 5.32 Å². The maximum absolute atomic E-state index is 12.8. The van der Waals surface area contributed by atoms with Crippen molar-refractivity contribution in [3.63, 3.8) is 0 Å². The predicted molar refractivity (Wildman–Crippen MR) is 43.3 cm³/mol. The fraction of sp³-hybridized carbons (Fsp3) is 1.00. The molecule has 0 spiro atoms. The van der Waals surface area contributed by atoms with Crippen molar-refractivity contribution in [2.45, 2.75) is 31.9 Å². The van der Waals surface area contributed by atoms with E-state index in [-0.39, 0.29) is 12.5 Å². The van der Waals surface area contributed by atoms with Crippen molar-refractivity contribution in [2.24, 2.45) is 11.3 Å². The van der Waals surface area contributed by atoms with Crippen LogP contribution in [-0.4, -0.2) is 19.3 Å². The van der Waals surface area contributed by atoms with Crippen molar-refractivity contribution in [3.05, 3.63) is 0 Å². The summed E-state index contributed by atoms with van der Waals surface area (Å²) in [5.74, 6) is -0.166. The van der Waals surface area contributed by atoms with Crippen molar-refractivity contribution < 1.29 is 13.2 Å². The van der Waals surface area contributed by atoms with Crippen LogP contribution < -0.4 is 5.32 Å². The molecule has 1 aliphatic heterocycles. The van der Waals surface area contributed by atoms with Crippen LogP contribution in [0.25, 0.3) is 0 Å². The van der Waals surface area contributed by atoms with Gasteiger partial charge in [0.1, 0.15) is 0 Å². The Balaban J connectivity index is 2.26. The van der Waals surface area contributed by atoms with E-state index in [0.29, 0.717) is 13.0 Å². The first-order chi connectivity index (χ1) is 6.06. The number of nitrogens with one attached hydrogen (secondary N) is 1. The highest BCUT2D eigenvalue weighted by Crippen LogP contribution is 2.53. The molecule has 1 aliphatic carbocycles. The number of fused-ring (bicyclic) bond motifs is 1. The molecule has 2 unspecified atom stereocenters. The molecule has 2 atom stereocenters. The number of hydrogen-bond acceptors (Lipinski definition) is 1. The summed E-state index contributed by atoms with van der Waals surface area (Å²) in [7, 11) is 0. The SMILES string of the molecule is FC(F)(F)C12CCCCC1CNC2. The van der Waals surface area contributed by atoms with Gasteiger partial charge in [0, 0.05) is 6.54 Å². The first-order valence-electron chi connectivity index (χ1n) is 4.84. The molecule has 1 saturated carbocycles. The molecule has 1 heterocycles. The van der Waals surface area contributed by atoms with E-state index >= 15 is 0 Å². The molecule has 13 heavy (non-hydrogen) atoms. The summed E-state index contributed by atoms with van der Waals surface area (Å²) >= 11 is 0. The zero-order chi connectivity index (χ0) is 9.53. The predicted octanol–water partition coefficient (Wildman–Crippen LogP) is 2.33. The molecule has 0 radical (unpaired) electrons. The second-order valence-corrected chi connectivity index (χ2v) is 4.23. The molecule has 1 nitrogen and oxygen atoms in total. The van der Waals surface area contributed by atoms with Gasteiger partial charge in [-0.1, -0.05) is 12.8 Å². The minimum atomic E-state index is -4.01. The molecule has 1 N–H and O–H groups in total. The summed E-state index contributed by atoms with van der Waals surface area (Å²) in [6, 6.07) is 0. The van der Waals surface area contributed by atoms with Crippen LogP contribution in [0, 0.1) is 11.3 Å². The molecule has 0 bridgehead atoms. The van der Waals surface area contributed by atoms with Crippen molar-refractivity contribution >= 4 is 0 Å². The van der Waals surface area contributed by atoms with Crippen LogP contribution >= 0.6 is 0 Å². The summed E-state index contributed by atoms with van der Waals surface area (Å²) < 4.78 is 38.5. The molecular formula is C9H14F3N. The van der Waals surface area contributed by atoms with E-state index in [1.54, 1.807) is 0 Å². The summed E-state index contributed by atoms with van der Waals surface area (Å²) in [5.41, 5.74) is -1.38. The lowest BCUT2D eigenvalue weighted by Gasteiger charge is -2.39.